The molecule has 102 valence electrons. The lowest BCUT2D eigenvalue weighted by Gasteiger charge is -2.27. The molecule has 0 radical (unpaired) electrons. The first-order valence-electron chi connectivity index (χ1n) is 5.87. The van der Waals surface area contributed by atoms with Gasteiger partial charge in [-0.25, -0.2) is 4.79 Å². The van der Waals surface area contributed by atoms with E-state index in [9.17, 15) is 14.4 Å². The van der Waals surface area contributed by atoms with Crippen molar-refractivity contribution in [1.82, 2.24) is 15.5 Å². The van der Waals surface area contributed by atoms with Crippen molar-refractivity contribution in [3.8, 4) is 0 Å². The molecule has 1 heterocycles. The van der Waals surface area contributed by atoms with E-state index in [0.29, 0.717) is 13.0 Å². The van der Waals surface area contributed by atoms with Crippen LogP contribution in [0.25, 0.3) is 0 Å². The fraction of sp³-hybridized carbons (Fsp3) is 0.727. The molecule has 0 spiro atoms. The molecular formula is C11H19N3O4. The molecule has 2 unspecified atom stereocenters. The van der Waals surface area contributed by atoms with Crippen LogP contribution < -0.4 is 10.6 Å². The predicted molar refractivity (Wildman–Crippen MR) is 63.8 cm³/mol. The van der Waals surface area contributed by atoms with Gasteiger partial charge in [-0.1, -0.05) is 0 Å². The van der Waals surface area contributed by atoms with Gasteiger partial charge < -0.3 is 10.1 Å². The number of carbonyl (C=O) groups is 3. The number of nitrogens with one attached hydrogen (secondary N) is 2. The molecule has 0 bridgehead atoms. The van der Waals surface area contributed by atoms with E-state index in [2.05, 4.69) is 10.6 Å². The van der Waals surface area contributed by atoms with Crippen LogP contribution in [0.5, 0.6) is 0 Å². The van der Waals surface area contributed by atoms with Crippen LogP contribution >= 0.6 is 0 Å². The predicted octanol–water partition coefficient (Wildman–Crippen LogP) is -0.532. The number of methoxy groups -OCH3 is 1. The molecule has 1 rings (SSSR count). The Kier molecular flexibility index (Phi) is 5.08. The van der Waals surface area contributed by atoms with E-state index in [1.165, 1.54) is 14.2 Å². The summed E-state index contributed by atoms with van der Waals surface area (Å²) in [7, 11) is 2.76. The van der Waals surface area contributed by atoms with Gasteiger partial charge in [0, 0.05) is 7.05 Å². The Bertz CT molecular complexity index is 345. The van der Waals surface area contributed by atoms with Gasteiger partial charge in [-0.15, -0.1) is 0 Å². The summed E-state index contributed by atoms with van der Waals surface area (Å²) in [6.07, 6.45) is 1.50. The molecule has 0 aromatic heterocycles. The molecular weight excluding hydrogens is 238 g/mol. The number of esters is 1. The summed E-state index contributed by atoms with van der Waals surface area (Å²) in [4.78, 5) is 36.2. The first-order chi connectivity index (χ1) is 8.51. The molecule has 1 aliphatic rings. The summed E-state index contributed by atoms with van der Waals surface area (Å²) in [5, 5.41) is 4.51. The Morgan fingerprint density at radius 2 is 2.06 bits per heavy atom. The topological polar surface area (TPSA) is 87.7 Å². The third-order valence-electron chi connectivity index (χ3n) is 3.11. The molecule has 7 nitrogen and oxygen atoms in total. The SMILES string of the molecule is CNC(=O)NC(=O)C(C)N1CCCC1C(=O)OC. The van der Waals surface area contributed by atoms with Gasteiger partial charge in [0.2, 0.25) is 5.91 Å². The van der Waals surface area contributed by atoms with Crippen LogP contribution in [0.3, 0.4) is 0 Å². The van der Waals surface area contributed by atoms with E-state index in [1.54, 1.807) is 11.8 Å². The number of hydrogen-bond donors (Lipinski definition) is 2. The number of likely N-dealkylation sites (tertiary alicyclic amines) is 1. The number of ether oxygens (including phenoxy) is 1. The minimum absolute atomic E-state index is 0.341. The molecule has 0 aromatic carbocycles. The van der Waals surface area contributed by atoms with Gasteiger partial charge in [-0.3, -0.25) is 19.8 Å². The standard InChI is InChI=1S/C11H19N3O4/c1-7(9(15)13-11(17)12-2)14-6-4-5-8(14)10(16)18-3/h7-8H,4-6H2,1-3H3,(H2,12,13,15,17). The van der Waals surface area contributed by atoms with E-state index in [0.717, 1.165) is 6.42 Å². The molecule has 0 aliphatic carbocycles. The van der Waals surface area contributed by atoms with Crippen molar-refractivity contribution < 1.29 is 19.1 Å². The minimum Gasteiger partial charge on any atom is -0.468 e. The maximum Gasteiger partial charge on any atom is 0.323 e. The number of nitrogens with zero attached hydrogens (tertiary/aromatic N) is 1. The molecule has 18 heavy (non-hydrogen) atoms. The molecule has 3 amide bonds. The number of hydrogen-bond acceptors (Lipinski definition) is 5. The summed E-state index contributed by atoms with van der Waals surface area (Å²) >= 11 is 0. The maximum absolute atomic E-state index is 11.8. The average molecular weight is 257 g/mol. The lowest BCUT2D eigenvalue weighted by Crippen LogP contribution is -2.52. The Labute approximate surface area is 106 Å². The molecule has 1 fully saturated rings. The molecule has 0 aromatic rings. The molecule has 7 heteroatoms. The third kappa shape index (κ3) is 3.19. The fourth-order valence-corrected chi connectivity index (χ4v) is 2.07. The van der Waals surface area contributed by atoms with Gasteiger partial charge in [-0.2, -0.15) is 0 Å². The number of amides is 3. The van der Waals surface area contributed by atoms with Gasteiger partial charge in [0.1, 0.15) is 6.04 Å². The highest BCUT2D eigenvalue weighted by atomic mass is 16.5. The van der Waals surface area contributed by atoms with Crippen molar-refractivity contribution in [2.45, 2.75) is 31.8 Å². The molecule has 2 atom stereocenters. The summed E-state index contributed by atoms with van der Waals surface area (Å²) < 4.78 is 4.70. The van der Waals surface area contributed by atoms with Gasteiger partial charge in [0.15, 0.2) is 0 Å². The van der Waals surface area contributed by atoms with Crippen LogP contribution in [0.15, 0.2) is 0 Å². The normalized spacial score (nSPS) is 21.2. The summed E-state index contributed by atoms with van der Waals surface area (Å²) in [6, 6.07) is -1.50. The highest BCUT2D eigenvalue weighted by Gasteiger charge is 2.37. The van der Waals surface area contributed by atoms with Crippen LogP contribution in [0, 0.1) is 0 Å². The first kappa shape index (κ1) is 14.4. The van der Waals surface area contributed by atoms with E-state index < -0.39 is 24.0 Å². The zero-order chi connectivity index (χ0) is 13.7. The van der Waals surface area contributed by atoms with Crippen molar-refractivity contribution >= 4 is 17.9 Å². The number of urea groups is 1. The Hall–Kier alpha value is -1.63. The van der Waals surface area contributed by atoms with Crippen LogP contribution in [0.1, 0.15) is 19.8 Å². The van der Waals surface area contributed by atoms with Crippen LogP contribution in [0.4, 0.5) is 4.79 Å². The van der Waals surface area contributed by atoms with Crippen molar-refractivity contribution in [2.75, 3.05) is 20.7 Å². The summed E-state index contributed by atoms with van der Waals surface area (Å²) in [6.45, 7) is 2.31. The van der Waals surface area contributed by atoms with Crippen LogP contribution in [-0.4, -0.2) is 55.6 Å². The quantitative estimate of drug-likeness (QED) is 0.663. The Morgan fingerprint density at radius 3 is 2.61 bits per heavy atom. The van der Waals surface area contributed by atoms with E-state index >= 15 is 0 Å². The van der Waals surface area contributed by atoms with Crippen molar-refractivity contribution in [3.63, 3.8) is 0 Å². The largest absolute Gasteiger partial charge is 0.468 e. The highest BCUT2D eigenvalue weighted by Crippen LogP contribution is 2.21. The number of imide groups is 1. The zero-order valence-electron chi connectivity index (χ0n) is 10.9. The van der Waals surface area contributed by atoms with Crippen molar-refractivity contribution in [2.24, 2.45) is 0 Å². The van der Waals surface area contributed by atoms with E-state index in [-0.39, 0.29) is 5.97 Å². The number of carbonyl (C=O) groups excluding carboxylic acids is 3. The van der Waals surface area contributed by atoms with Gasteiger partial charge in [-0.05, 0) is 26.3 Å². The van der Waals surface area contributed by atoms with Crippen LogP contribution in [-0.2, 0) is 14.3 Å². The van der Waals surface area contributed by atoms with Crippen molar-refractivity contribution in [3.05, 3.63) is 0 Å². The van der Waals surface area contributed by atoms with Gasteiger partial charge in [0.25, 0.3) is 0 Å². The van der Waals surface area contributed by atoms with Crippen molar-refractivity contribution in [1.29, 1.82) is 0 Å². The lowest BCUT2D eigenvalue weighted by molar-refractivity contribution is -0.147. The molecule has 0 saturated carbocycles. The fourth-order valence-electron chi connectivity index (χ4n) is 2.07. The first-order valence-corrected chi connectivity index (χ1v) is 5.87. The maximum atomic E-state index is 11.8. The second-order valence-corrected chi connectivity index (χ2v) is 4.16. The zero-order valence-corrected chi connectivity index (χ0v) is 10.9. The Morgan fingerprint density at radius 1 is 1.39 bits per heavy atom. The summed E-state index contributed by atoms with van der Waals surface area (Å²) in [5.41, 5.74) is 0. The summed E-state index contributed by atoms with van der Waals surface area (Å²) in [5.74, 6) is -0.766. The Balaban J connectivity index is 2.64. The molecule has 2 N–H and O–H groups in total. The third-order valence-corrected chi connectivity index (χ3v) is 3.11. The van der Waals surface area contributed by atoms with E-state index in [1.807, 2.05) is 0 Å². The molecule has 1 saturated heterocycles. The van der Waals surface area contributed by atoms with E-state index in [4.69, 9.17) is 4.74 Å². The second-order valence-electron chi connectivity index (χ2n) is 4.16. The number of rotatable bonds is 3. The minimum atomic E-state index is -0.555. The second kappa shape index (κ2) is 6.34. The van der Waals surface area contributed by atoms with Gasteiger partial charge in [0.05, 0.1) is 13.2 Å². The van der Waals surface area contributed by atoms with Crippen LogP contribution in [0.2, 0.25) is 0 Å². The monoisotopic (exact) mass is 257 g/mol. The molecule has 1 aliphatic heterocycles. The smallest absolute Gasteiger partial charge is 0.323 e. The average Bonchev–Trinajstić information content (AvgIpc) is 2.85. The highest BCUT2D eigenvalue weighted by molar-refractivity contribution is 5.97. The lowest BCUT2D eigenvalue weighted by atomic mass is 10.2. The van der Waals surface area contributed by atoms with Gasteiger partial charge >= 0.3 is 12.0 Å².